The zero-order valence-electron chi connectivity index (χ0n) is 11.2. The van der Waals surface area contributed by atoms with Crippen molar-refractivity contribution in [2.45, 2.75) is 26.3 Å². The van der Waals surface area contributed by atoms with Gasteiger partial charge in [0.25, 0.3) is 5.56 Å². The van der Waals surface area contributed by atoms with Gasteiger partial charge in [0.15, 0.2) is 0 Å². The molecular weight excluding hydrogens is 278 g/mol. The van der Waals surface area contributed by atoms with E-state index >= 15 is 0 Å². The molecule has 0 aliphatic rings. The number of hydrogen-bond acceptors (Lipinski definition) is 3. The van der Waals surface area contributed by atoms with Gasteiger partial charge in [-0.1, -0.05) is 6.07 Å². The first kappa shape index (κ1) is 14.5. The first-order valence-electron chi connectivity index (χ1n) is 6.40. The molecule has 2 heterocycles. The van der Waals surface area contributed by atoms with E-state index in [1.807, 2.05) is 6.92 Å². The van der Waals surface area contributed by atoms with Gasteiger partial charge in [0, 0.05) is 24.3 Å². The van der Waals surface area contributed by atoms with Crippen molar-refractivity contribution in [3.63, 3.8) is 0 Å². The fourth-order valence-electron chi connectivity index (χ4n) is 2.00. The summed E-state index contributed by atoms with van der Waals surface area (Å²) in [4.78, 5) is 29.4. The topological polar surface area (TPSA) is 67.8 Å². The Morgan fingerprint density at radius 2 is 2.20 bits per heavy atom. The van der Waals surface area contributed by atoms with Crippen molar-refractivity contribution in [2.75, 3.05) is 5.88 Å². The van der Waals surface area contributed by atoms with E-state index in [-0.39, 0.29) is 0 Å². The van der Waals surface area contributed by atoms with Gasteiger partial charge < -0.3 is 0 Å². The van der Waals surface area contributed by atoms with Crippen molar-refractivity contribution in [3.8, 4) is 0 Å². The minimum Gasteiger partial charge on any atom is -0.295 e. The molecule has 2 aromatic heterocycles. The Morgan fingerprint density at radius 3 is 2.90 bits per heavy atom. The zero-order valence-corrected chi connectivity index (χ0v) is 12.0. The predicted octanol–water partition coefficient (Wildman–Crippen LogP) is 1.46. The molecule has 6 heteroatoms. The van der Waals surface area contributed by atoms with Gasteiger partial charge in [-0.15, -0.1) is 11.6 Å². The van der Waals surface area contributed by atoms with Crippen molar-refractivity contribution in [2.24, 2.45) is 0 Å². The molecule has 0 saturated heterocycles. The molecule has 0 spiro atoms. The summed E-state index contributed by atoms with van der Waals surface area (Å²) in [5, 5.41) is 0. The number of aromatic amines is 1. The fraction of sp³-hybridized carbons (Fsp3) is 0.357. The number of nitrogens with one attached hydrogen (secondary N) is 1. The largest absolute Gasteiger partial charge is 0.328 e. The quantitative estimate of drug-likeness (QED) is 0.849. The highest BCUT2D eigenvalue weighted by Crippen LogP contribution is 2.12. The van der Waals surface area contributed by atoms with Crippen LogP contribution in [0, 0.1) is 6.92 Å². The Labute approximate surface area is 121 Å². The summed E-state index contributed by atoms with van der Waals surface area (Å²) < 4.78 is 1.43. The maximum absolute atomic E-state index is 11.7. The van der Waals surface area contributed by atoms with Crippen LogP contribution in [0.1, 0.15) is 23.2 Å². The third-order valence-electron chi connectivity index (χ3n) is 2.99. The number of aryl methyl sites for hydroxylation is 2. The number of halogens is 1. The lowest BCUT2D eigenvalue weighted by Gasteiger charge is -2.10. The SMILES string of the molecule is Cc1cnc(Cn2ccc(=O)[nH]c2=O)c(CCCCl)c1. The van der Waals surface area contributed by atoms with Crippen LogP contribution in [-0.2, 0) is 13.0 Å². The lowest BCUT2D eigenvalue weighted by atomic mass is 10.1. The number of rotatable bonds is 5. The zero-order chi connectivity index (χ0) is 14.5. The summed E-state index contributed by atoms with van der Waals surface area (Å²) in [6.07, 6.45) is 4.94. The van der Waals surface area contributed by atoms with E-state index in [4.69, 9.17) is 11.6 Å². The maximum Gasteiger partial charge on any atom is 0.328 e. The minimum atomic E-state index is -0.428. The molecule has 0 unspecified atom stereocenters. The number of hydrogen-bond donors (Lipinski definition) is 1. The standard InChI is InChI=1S/C14H16ClN3O2/c1-10-7-11(3-2-5-15)12(16-8-10)9-18-6-4-13(19)17-14(18)20/h4,6-8H,2-3,5,9H2,1H3,(H,17,19,20). The van der Waals surface area contributed by atoms with Gasteiger partial charge in [-0.05, 0) is 30.9 Å². The number of H-pyrrole nitrogens is 1. The molecule has 1 N–H and O–H groups in total. The number of nitrogens with zero attached hydrogens (tertiary/aromatic N) is 2. The molecule has 0 saturated carbocycles. The molecule has 106 valence electrons. The highest BCUT2D eigenvalue weighted by molar-refractivity contribution is 6.17. The normalized spacial score (nSPS) is 10.7. The van der Waals surface area contributed by atoms with Crippen molar-refractivity contribution in [1.82, 2.24) is 14.5 Å². The summed E-state index contributed by atoms with van der Waals surface area (Å²) in [5.74, 6) is 0.589. The van der Waals surface area contributed by atoms with Crippen LogP contribution in [0.5, 0.6) is 0 Å². The lowest BCUT2D eigenvalue weighted by molar-refractivity contribution is 0.693. The predicted molar refractivity (Wildman–Crippen MR) is 78.4 cm³/mol. The van der Waals surface area contributed by atoms with Crippen molar-refractivity contribution in [1.29, 1.82) is 0 Å². The summed E-state index contributed by atoms with van der Waals surface area (Å²) in [6, 6.07) is 3.39. The second-order valence-corrected chi connectivity index (χ2v) is 5.03. The average Bonchev–Trinajstić information content (AvgIpc) is 2.41. The monoisotopic (exact) mass is 293 g/mol. The van der Waals surface area contributed by atoms with Gasteiger partial charge in [0.2, 0.25) is 0 Å². The van der Waals surface area contributed by atoms with E-state index in [1.165, 1.54) is 16.8 Å². The first-order valence-corrected chi connectivity index (χ1v) is 6.94. The van der Waals surface area contributed by atoms with Crippen molar-refractivity contribution in [3.05, 3.63) is 62.2 Å². The van der Waals surface area contributed by atoms with Gasteiger partial charge >= 0.3 is 5.69 Å². The molecule has 0 aliphatic carbocycles. The Hall–Kier alpha value is -1.88. The van der Waals surface area contributed by atoms with Crippen LogP contribution in [0.4, 0.5) is 0 Å². The summed E-state index contributed by atoms with van der Waals surface area (Å²) in [6.45, 7) is 2.32. The van der Waals surface area contributed by atoms with Gasteiger partial charge in [0.1, 0.15) is 0 Å². The molecule has 0 aliphatic heterocycles. The van der Waals surface area contributed by atoms with Crippen LogP contribution >= 0.6 is 11.6 Å². The Kier molecular flexibility index (Phi) is 4.74. The van der Waals surface area contributed by atoms with Gasteiger partial charge in [0.05, 0.1) is 12.2 Å². The number of aromatic nitrogens is 3. The van der Waals surface area contributed by atoms with E-state index in [0.717, 1.165) is 29.7 Å². The number of alkyl halides is 1. The smallest absolute Gasteiger partial charge is 0.295 e. The second-order valence-electron chi connectivity index (χ2n) is 4.65. The molecule has 2 aromatic rings. The number of pyridine rings is 1. The summed E-state index contributed by atoms with van der Waals surface area (Å²) in [5.41, 5.74) is 2.17. The molecule has 5 nitrogen and oxygen atoms in total. The summed E-state index contributed by atoms with van der Waals surface area (Å²) >= 11 is 5.73. The molecule has 2 rings (SSSR count). The summed E-state index contributed by atoms with van der Waals surface area (Å²) in [7, 11) is 0. The van der Waals surface area contributed by atoms with Crippen LogP contribution < -0.4 is 11.2 Å². The van der Waals surface area contributed by atoms with Crippen LogP contribution in [0.25, 0.3) is 0 Å². The molecule has 0 aromatic carbocycles. The van der Waals surface area contributed by atoms with Crippen molar-refractivity contribution < 1.29 is 0 Å². The highest BCUT2D eigenvalue weighted by atomic mass is 35.5. The minimum absolute atomic E-state index is 0.341. The maximum atomic E-state index is 11.7. The molecule has 0 atom stereocenters. The Bertz CT molecular complexity index is 706. The third kappa shape index (κ3) is 3.57. The van der Waals surface area contributed by atoms with Crippen LogP contribution in [-0.4, -0.2) is 20.4 Å². The van der Waals surface area contributed by atoms with Gasteiger partial charge in [-0.3, -0.25) is 19.3 Å². The average molecular weight is 294 g/mol. The molecule has 0 radical (unpaired) electrons. The highest BCUT2D eigenvalue weighted by Gasteiger charge is 2.07. The Morgan fingerprint density at radius 1 is 1.40 bits per heavy atom. The molecular formula is C14H16ClN3O2. The van der Waals surface area contributed by atoms with E-state index < -0.39 is 11.2 Å². The van der Waals surface area contributed by atoms with Crippen LogP contribution in [0.15, 0.2) is 34.1 Å². The first-order chi connectivity index (χ1) is 9.60. The molecule has 20 heavy (non-hydrogen) atoms. The van der Waals surface area contributed by atoms with Gasteiger partial charge in [-0.2, -0.15) is 0 Å². The van der Waals surface area contributed by atoms with Gasteiger partial charge in [-0.25, -0.2) is 4.79 Å². The molecule has 0 amide bonds. The van der Waals surface area contributed by atoms with E-state index in [1.54, 1.807) is 6.20 Å². The molecule has 0 bridgehead atoms. The van der Waals surface area contributed by atoms with E-state index in [9.17, 15) is 9.59 Å². The van der Waals surface area contributed by atoms with E-state index in [0.29, 0.717) is 12.4 Å². The Balaban J connectivity index is 2.32. The molecule has 0 fully saturated rings. The second kappa shape index (κ2) is 6.52. The lowest BCUT2D eigenvalue weighted by Crippen LogP contribution is -2.29. The van der Waals surface area contributed by atoms with Crippen LogP contribution in [0.3, 0.4) is 0 Å². The fourth-order valence-corrected chi connectivity index (χ4v) is 2.14. The van der Waals surface area contributed by atoms with E-state index in [2.05, 4.69) is 16.0 Å². The third-order valence-corrected chi connectivity index (χ3v) is 3.26. The van der Waals surface area contributed by atoms with Crippen molar-refractivity contribution >= 4 is 11.6 Å². The van der Waals surface area contributed by atoms with Crippen LogP contribution in [0.2, 0.25) is 0 Å².